The molecule has 1 unspecified atom stereocenters. The summed E-state index contributed by atoms with van der Waals surface area (Å²) in [5.41, 5.74) is 4.38. The molecule has 178 valence electrons. The number of carbonyl (C=O) groups is 2. The molecular weight excluding hydrogens is 446 g/mol. The van der Waals surface area contributed by atoms with E-state index in [0.29, 0.717) is 11.4 Å². The number of halogens is 1. The average Bonchev–Trinajstić information content (AvgIpc) is 3.24. The van der Waals surface area contributed by atoms with Gasteiger partial charge in [0.1, 0.15) is 0 Å². The summed E-state index contributed by atoms with van der Waals surface area (Å²) in [5.74, 6) is 0.126. The Kier molecular flexibility index (Phi) is 6.15. The summed E-state index contributed by atoms with van der Waals surface area (Å²) in [7, 11) is 0. The number of benzene rings is 2. The van der Waals surface area contributed by atoms with Crippen molar-refractivity contribution in [1.82, 2.24) is 5.32 Å². The van der Waals surface area contributed by atoms with Crippen LogP contribution >= 0.6 is 11.6 Å². The van der Waals surface area contributed by atoms with Crippen molar-refractivity contribution in [2.24, 2.45) is 5.41 Å². The summed E-state index contributed by atoms with van der Waals surface area (Å²) in [6.45, 7) is 4.45. The van der Waals surface area contributed by atoms with E-state index in [9.17, 15) is 9.59 Å². The first-order valence-electron chi connectivity index (χ1n) is 12.2. The van der Waals surface area contributed by atoms with E-state index in [2.05, 4.69) is 29.4 Å². The van der Waals surface area contributed by atoms with Gasteiger partial charge in [0.05, 0.1) is 24.0 Å². The van der Waals surface area contributed by atoms with Crippen LogP contribution in [0.5, 0.6) is 0 Å². The van der Waals surface area contributed by atoms with E-state index in [1.165, 1.54) is 0 Å². The Bertz CT molecular complexity index is 1130. The zero-order valence-electron chi connectivity index (χ0n) is 19.9. The van der Waals surface area contributed by atoms with Gasteiger partial charge in [0.25, 0.3) is 0 Å². The van der Waals surface area contributed by atoms with Crippen LogP contribution in [0.15, 0.2) is 59.8 Å². The van der Waals surface area contributed by atoms with Gasteiger partial charge < -0.3 is 15.5 Å². The third kappa shape index (κ3) is 4.58. The Morgan fingerprint density at radius 2 is 1.79 bits per heavy atom. The van der Waals surface area contributed by atoms with Crippen molar-refractivity contribution in [3.05, 3.63) is 70.4 Å². The van der Waals surface area contributed by atoms with Crippen LogP contribution in [0.2, 0.25) is 5.02 Å². The maximum absolute atomic E-state index is 13.7. The highest BCUT2D eigenvalue weighted by molar-refractivity contribution is 6.30. The quantitative estimate of drug-likeness (QED) is 0.565. The van der Waals surface area contributed by atoms with Crippen molar-refractivity contribution in [1.29, 1.82) is 0 Å². The Morgan fingerprint density at radius 1 is 1.09 bits per heavy atom. The fourth-order valence-corrected chi connectivity index (χ4v) is 5.84. The number of fused-ring (bicyclic) bond motifs is 1. The summed E-state index contributed by atoms with van der Waals surface area (Å²) >= 11 is 6.21. The van der Waals surface area contributed by atoms with E-state index in [1.54, 1.807) is 0 Å². The van der Waals surface area contributed by atoms with Gasteiger partial charge in [0, 0.05) is 28.8 Å². The standard InChI is InChI=1S/C28H32ClN3O2/c1-28(2)15-22-26(24(33)16-28)27(18-11-13-19(29)14-12-18)32(23-10-6-5-9-21(23)31-22)17-25(34)30-20-7-3-4-8-20/h5-6,9-14,20,27,31H,3-4,7-8,15-17H2,1-2H3,(H,30,34). The summed E-state index contributed by atoms with van der Waals surface area (Å²) in [6.07, 6.45) is 5.65. The summed E-state index contributed by atoms with van der Waals surface area (Å²) < 4.78 is 0. The third-order valence-corrected chi connectivity index (χ3v) is 7.48. The fraction of sp³-hybridized carbons (Fsp3) is 0.429. The first-order chi connectivity index (χ1) is 16.3. The predicted octanol–water partition coefficient (Wildman–Crippen LogP) is 6.02. The minimum Gasteiger partial charge on any atom is -0.357 e. The number of carbonyl (C=O) groups excluding carboxylic acids is 2. The average molecular weight is 478 g/mol. The molecule has 2 N–H and O–H groups in total. The molecule has 1 aliphatic heterocycles. The van der Waals surface area contributed by atoms with Gasteiger partial charge in [0.2, 0.25) is 5.91 Å². The highest BCUT2D eigenvalue weighted by Gasteiger charge is 2.42. The molecule has 0 radical (unpaired) electrons. The second-order valence-corrected chi connectivity index (χ2v) is 11.0. The molecule has 3 aliphatic rings. The SMILES string of the molecule is CC1(C)CC(=O)C2=C(C1)Nc1ccccc1N(CC(=O)NC1CCCC1)C2c1ccc(Cl)cc1. The normalized spacial score (nSPS) is 22.0. The van der Waals surface area contributed by atoms with Crippen LogP contribution in [-0.2, 0) is 9.59 Å². The smallest absolute Gasteiger partial charge is 0.239 e. The number of rotatable bonds is 4. The van der Waals surface area contributed by atoms with Gasteiger partial charge in [-0.25, -0.2) is 0 Å². The monoisotopic (exact) mass is 477 g/mol. The molecule has 6 heteroatoms. The number of hydrogen-bond acceptors (Lipinski definition) is 4. The Labute approximate surface area is 206 Å². The van der Waals surface area contributed by atoms with Gasteiger partial charge in [-0.15, -0.1) is 0 Å². The van der Waals surface area contributed by atoms with Gasteiger partial charge in [-0.2, -0.15) is 0 Å². The lowest BCUT2D eigenvalue weighted by molar-refractivity contribution is -0.121. The molecule has 1 amide bonds. The first-order valence-corrected chi connectivity index (χ1v) is 12.6. The minimum atomic E-state index is -0.374. The molecule has 34 heavy (non-hydrogen) atoms. The number of ketones is 1. The molecule has 2 aromatic carbocycles. The Balaban J connectivity index is 1.62. The summed E-state index contributed by atoms with van der Waals surface area (Å²) in [4.78, 5) is 29.0. The van der Waals surface area contributed by atoms with E-state index in [-0.39, 0.29) is 35.7 Å². The molecule has 0 spiro atoms. The van der Waals surface area contributed by atoms with E-state index in [4.69, 9.17) is 11.6 Å². The van der Waals surface area contributed by atoms with Crippen LogP contribution in [0.4, 0.5) is 11.4 Å². The molecule has 0 aromatic heterocycles. The number of amides is 1. The van der Waals surface area contributed by atoms with Gasteiger partial charge in [-0.3, -0.25) is 9.59 Å². The number of hydrogen-bond donors (Lipinski definition) is 2. The number of allylic oxidation sites excluding steroid dienone is 1. The topological polar surface area (TPSA) is 61.4 Å². The fourth-order valence-electron chi connectivity index (χ4n) is 5.72. The number of Topliss-reactive ketones (excluding diaryl/α,β-unsaturated/α-hetero) is 1. The van der Waals surface area contributed by atoms with Crippen LogP contribution < -0.4 is 15.5 Å². The lowest BCUT2D eigenvalue weighted by Gasteiger charge is -2.38. The molecule has 5 rings (SSSR count). The van der Waals surface area contributed by atoms with Crippen LogP contribution in [0.25, 0.3) is 0 Å². The van der Waals surface area contributed by atoms with E-state index in [0.717, 1.165) is 60.3 Å². The van der Waals surface area contributed by atoms with Crippen molar-refractivity contribution < 1.29 is 9.59 Å². The second-order valence-electron chi connectivity index (χ2n) is 10.6. The zero-order chi connectivity index (χ0) is 23.9. The van der Waals surface area contributed by atoms with Gasteiger partial charge in [0.15, 0.2) is 5.78 Å². The molecule has 0 bridgehead atoms. The lowest BCUT2D eigenvalue weighted by atomic mass is 9.73. The number of nitrogens with one attached hydrogen (secondary N) is 2. The van der Waals surface area contributed by atoms with E-state index < -0.39 is 0 Å². The molecule has 1 saturated carbocycles. The molecule has 2 aromatic rings. The van der Waals surface area contributed by atoms with Gasteiger partial charge >= 0.3 is 0 Å². The van der Waals surface area contributed by atoms with Crippen molar-refractivity contribution in [2.45, 2.75) is 64.5 Å². The van der Waals surface area contributed by atoms with Crippen LogP contribution in [0.3, 0.4) is 0 Å². The first kappa shape index (κ1) is 23.0. The molecule has 1 fully saturated rings. The Hall–Kier alpha value is -2.79. The van der Waals surface area contributed by atoms with Crippen LogP contribution in [0, 0.1) is 5.41 Å². The highest BCUT2D eigenvalue weighted by atomic mass is 35.5. The molecule has 2 aliphatic carbocycles. The Morgan fingerprint density at radius 3 is 2.53 bits per heavy atom. The number of para-hydroxylation sites is 2. The van der Waals surface area contributed by atoms with Crippen LogP contribution in [0.1, 0.15) is 64.0 Å². The molecular formula is C28H32ClN3O2. The summed E-state index contributed by atoms with van der Waals surface area (Å²) in [6, 6.07) is 15.6. The van der Waals surface area contributed by atoms with E-state index in [1.807, 2.05) is 48.5 Å². The highest BCUT2D eigenvalue weighted by Crippen LogP contribution is 2.48. The molecule has 5 nitrogen and oxygen atoms in total. The maximum atomic E-state index is 13.7. The minimum absolute atomic E-state index is 0.00620. The van der Waals surface area contributed by atoms with E-state index >= 15 is 0 Å². The largest absolute Gasteiger partial charge is 0.357 e. The summed E-state index contributed by atoms with van der Waals surface area (Å²) in [5, 5.41) is 7.47. The third-order valence-electron chi connectivity index (χ3n) is 7.22. The lowest BCUT2D eigenvalue weighted by Crippen LogP contribution is -2.44. The van der Waals surface area contributed by atoms with Crippen molar-refractivity contribution in [3.63, 3.8) is 0 Å². The van der Waals surface area contributed by atoms with Crippen molar-refractivity contribution in [3.8, 4) is 0 Å². The van der Waals surface area contributed by atoms with Gasteiger partial charge in [-0.05, 0) is 54.5 Å². The van der Waals surface area contributed by atoms with Gasteiger partial charge in [-0.1, -0.05) is 62.6 Å². The predicted molar refractivity (Wildman–Crippen MR) is 137 cm³/mol. The maximum Gasteiger partial charge on any atom is 0.239 e. The molecule has 1 heterocycles. The second kappa shape index (κ2) is 9.10. The van der Waals surface area contributed by atoms with Crippen molar-refractivity contribution in [2.75, 3.05) is 16.8 Å². The molecule has 0 saturated heterocycles. The van der Waals surface area contributed by atoms with Crippen LogP contribution in [-0.4, -0.2) is 24.3 Å². The number of nitrogens with zero attached hydrogens (tertiary/aromatic N) is 1. The zero-order valence-corrected chi connectivity index (χ0v) is 20.6. The van der Waals surface area contributed by atoms with Crippen molar-refractivity contribution >= 4 is 34.7 Å². The number of anilines is 2. The molecule has 1 atom stereocenters.